The quantitative estimate of drug-likeness (QED) is 0.236. The predicted octanol–water partition coefficient (Wildman–Crippen LogP) is 1.67. The highest BCUT2D eigenvalue weighted by Crippen LogP contribution is 2.32. The van der Waals surface area contributed by atoms with Gasteiger partial charge < -0.3 is 29.4 Å². The van der Waals surface area contributed by atoms with Crippen molar-refractivity contribution in [3.05, 3.63) is 88.0 Å². The molecule has 0 fully saturated rings. The van der Waals surface area contributed by atoms with Crippen molar-refractivity contribution < 1.29 is 37.3 Å². The van der Waals surface area contributed by atoms with Gasteiger partial charge in [-0.2, -0.15) is 4.31 Å². The van der Waals surface area contributed by atoms with Crippen molar-refractivity contribution in [3.63, 3.8) is 0 Å². The molecule has 1 aliphatic rings. The summed E-state index contributed by atoms with van der Waals surface area (Å²) in [5.74, 6) is -0.535. The smallest absolute Gasteiger partial charge is 0.286 e. The lowest BCUT2D eigenvalue weighted by Gasteiger charge is -2.29. The maximum atomic E-state index is 13.8. The summed E-state index contributed by atoms with van der Waals surface area (Å²) in [5, 5.41) is 12.3. The minimum atomic E-state index is -3.96. The molecule has 0 aliphatic carbocycles. The molecular weight excluding hydrogens is 604 g/mol. The van der Waals surface area contributed by atoms with Crippen LogP contribution in [0, 0.1) is 6.92 Å². The Kier molecular flexibility index (Phi) is 11.6. The van der Waals surface area contributed by atoms with E-state index in [0.717, 1.165) is 4.31 Å². The van der Waals surface area contributed by atoms with E-state index in [2.05, 4.69) is 5.32 Å². The number of sulfonamides is 1. The Morgan fingerprint density at radius 2 is 1.80 bits per heavy atom. The number of para-hydroxylation sites is 1. The molecule has 1 aromatic heterocycles. The molecule has 2 N–H and O–H groups in total. The van der Waals surface area contributed by atoms with E-state index in [0.29, 0.717) is 29.3 Å². The molecule has 2 heterocycles. The fraction of sp³-hybridized carbons (Fsp3) is 0.419. The minimum absolute atomic E-state index is 0.0145. The number of aliphatic hydroxyl groups excluding tert-OH is 1. The van der Waals surface area contributed by atoms with Crippen LogP contribution in [-0.2, 0) is 36.1 Å². The number of allylic oxidation sites excluding steroid dienone is 1. The van der Waals surface area contributed by atoms with Crippen LogP contribution in [0.2, 0.25) is 0 Å². The summed E-state index contributed by atoms with van der Waals surface area (Å²) in [5.41, 5.74) is 1.67. The summed E-state index contributed by atoms with van der Waals surface area (Å²) >= 11 is 0. The number of benzene rings is 2. The Bertz CT molecular complexity index is 1630. The summed E-state index contributed by atoms with van der Waals surface area (Å²) in [7, 11) is 0.840. The highest BCUT2D eigenvalue weighted by Gasteiger charge is 2.33. The summed E-state index contributed by atoms with van der Waals surface area (Å²) < 4.78 is 53.1. The van der Waals surface area contributed by atoms with Gasteiger partial charge >= 0.3 is 0 Å². The van der Waals surface area contributed by atoms with Crippen LogP contribution in [0.5, 0.6) is 5.75 Å². The largest absolute Gasteiger partial charge is 0.497 e. The van der Waals surface area contributed by atoms with Crippen molar-refractivity contribution in [2.75, 3.05) is 53.7 Å². The Morgan fingerprint density at radius 3 is 2.44 bits per heavy atom. The number of carbonyl (C=O) groups is 1. The molecule has 0 saturated carbocycles. The van der Waals surface area contributed by atoms with Crippen LogP contribution in [0.4, 0.5) is 0 Å². The maximum Gasteiger partial charge on any atom is 0.286 e. The van der Waals surface area contributed by atoms with Crippen molar-refractivity contribution >= 4 is 15.9 Å². The van der Waals surface area contributed by atoms with Crippen molar-refractivity contribution in [1.29, 1.82) is 0 Å². The second-order valence-electron chi connectivity index (χ2n) is 10.3. The highest BCUT2D eigenvalue weighted by molar-refractivity contribution is 7.89. The van der Waals surface area contributed by atoms with Gasteiger partial charge in [0.1, 0.15) is 5.75 Å². The van der Waals surface area contributed by atoms with E-state index >= 15 is 0 Å². The summed E-state index contributed by atoms with van der Waals surface area (Å²) in [6.07, 6.45) is 0.856. The number of aliphatic hydroxyl groups is 1. The van der Waals surface area contributed by atoms with Gasteiger partial charge in [-0.25, -0.2) is 13.1 Å². The molecule has 45 heavy (non-hydrogen) atoms. The topological polar surface area (TPSA) is 151 Å². The van der Waals surface area contributed by atoms with Gasteiger partial charge in [-0.1, -0.05) is 18.2 Å². The number of nitrogens with one attached hydrogen (secondary N) is 1. The van der Waals surface area contributed by atoms with E-state index in [4.69, 9.17) is 18.9 Å². The normalized spacial score (nSPS) is 16.7. The standard InChI is InChI=1S/C31H40N4O9S/c1-22-29(31(38)35(33(22)2)24-8-6-5-7-9-24)23-20-27(30(37)32-14-18-41-3)44-28(21-23)43-19-16-34(15-17-36)45(39,40)26-12-10-25(42-4)11-13-26/h5-13,20,23,28,36H,14-19,21H2,1-4H3,(H,32,37). The molecule has 13 nitrogen and oxygen atoms in total. The monoisotopic (exact) mass is 644 g/mol. The van der Waals surface area contributed by atoms with Gasteiger partial charge in [0.15, 0.2) is 5.76 Å². The van der Waals surface area contributed by atoms with E-state index in [-0.39, 0.29) is 48.9 Å². The van der Waals surface area contributed by atoms with Crippen LogP contribution in [0.25, 0.3) is 5.69 Å². The molecule has 2 unspecified atom stereocenters. The number of carbonyl (C=O) groups excluding carboxylic acids is 1. The second-order valence-corrected chi connectivity index (χ2v) is 12.3. The number of ether oxygens (including phenoxy) is 4. The van der Waals surface area contributed by atoms with Crippen LogP contribution < -0.4 is 15.6 Å². The molecule has 0 radical (unpaired) electrons. The summed E-state index contributed by atoms with van der Waals surface area (Å²) in [6, 6.07) is 15.2. The van der Waals surface area contributed by atoms with Crippen LogP contribution in [0.15, 0.2) is 76.1 Å². The predicted molar refractivity (Wildman–Crippen MR) is 166 cm³/mol. The molecule has 2 aromatic carbocycles. The van der Waals surface area contributed by atoms with Crippen molar-refractivity contribution in [2.24, 2.45) is 7.05 Å². The van der Waals surface area contributed by atoms with Crippen molar-refractivity contribution in [1.82, 2.24) is 19.0 Å². The number of nitrogens with zero attached hydrogens (tertiary/aromatic N) is 3. The zero-order valence-electron chi connectivity index (χ0n) is 25.8. The van der Waals surface area contributed by atoms with Gasteiger partial charge in [-0.05, 0) is 49.4 Å². The van der Waals surface area contributed by atoms with Crippen molar-refractivity contribution in [3.8, 4) is 11.4 Å². The number of amides is 1. The molecule has 4 rings (SSSR count). The molecule has 1 aliphatic heterocycles. The maximum absolute atomic E-state index is 13.8. The van der Waals surface area contributed by atoms with E-state index in [1.807, 2.05) is 37.3 Å². The average molecular weight is 645 g/mol. The number of hydrogen-bond acceptors (Lipinski definition) is 9. The molecule has 0 saturated heterocycles. The zero-order chi connectivity index (χ0) is 32.6. The van der Waals surface area contributed by atoms with E-state index in [9.17, 15) is 23.1 Å². The van der Waals surface area contributed by atoms with Crippen LogP contribution in [-0.4, -0.2) is 93.1 Å². The molecule has 244 valence electrons. The fourth-order valence-corrected chi connectivity index (χ4v) is 6.55. The fourth-order valence-electron chi connectivity index (χ4n) is 5.14. The highest BCUT2D eigenvalue weighted by atomic mass is 32.2. The average Bonchev–Trinajstić information content (AvgIpc) is 3.27. The van der Waals surface area contributed by atoms with E-state index in [1.54, 1.807) is 34.6 Å². The van der Waals surface area contributed by atoms with Gasteiger partial charge in [0.05, 0.1) is 37.5 Å². The molecule has 2 atom stereocenters. The first-order valence-corrected chi connectivity index (χ1v) is 15.9. The molecule has 3 aromatic rings. The number of aromatic nitrogens is 2. The SMILES string of the molecule is COCCNC(=O)C1=CC(c2c(C)n(C)n(-c3ccccc3)c2=O)CC(OCCN(CCO)S(=O)(=O)c2ccc(OC)cc2)O1. The van der Waals surface area contributed by atoms with E-state index < -0.39 is 34.7 Å². The first-order chi connectivity index (χ1) is 21.6. The molecule has 0 bridgehead atoms. The van der Waals surface area contributed by atoms with Gasteiger partial charge in [-0.3, -0.25) is 14.3 Å². The molecule has 1 amide bonds. The number of rotatable bonds is 15. The molecule has 14 heteroatoms. The summed E-state index contributed by atoms with van der Waals surface area (Å²) in [6.45, 7) is 1.64. The first-order valence-electron chi connectivity index (χ1n) is 14.5. The Morgan fingerprint density at radius 1 is 1.09 bits per heavy atom. The second kappa shape index (κ2) is 15.4. The lowest BCUT2D eigenvalue weighted by atomic mass is 9.93. The lowest BCUT2D eigenvalue weighted by Crippen LogP contribution is -2.38. The third kappa shape index (κ3) is 7.83. The Balaban J connectivity index is 1.57. The first kappa shape index (κ1) is 33.9. The van der Waals surface area contributed by atoms with Crippen molar-refractivity contribution in [2.45, 2.75) is 30.4 Å². The summed E-state index contributed by atoms with van der Waals surface area (Å²) in [4.78, 5) is 26.8. The Labute approximate surface area is 262 Å². The van der Waals surface area contributed by atoms with Gasteiger partial charge in [0.2, 0.25) is 16.3 Å². The lowest BCUT2D eigenvalue weighted by molar-refractivity contribution is -0.146. The van der Waals surface area contributed by atoms with Crippen LogP contribution in [0.3, 0.4) is 0 Å². The van der Waals surface area contributed by atoms with E-state index in [1.165, 1.54) is 26.4 Å². The van der Waals surface area contributed by atoms with Gasteiger partial charge in [0, 0.05) is 57.4 Å². The molecular formula is C31H40N4O9S. The van der Waals surface area contributed by atoms with Crippen LogP contribution in [0.1, 0.15) is 23.6 Å². The molecule has 0 spiro atoms. The Hall–Kier alpha value is -3.95. The van der Waals surface area contributed by atoms with Gasteiger partial charge in [-0.15, -0.1) is 0 Å². The number of methoxy groups -OCH3 is 2. The zero-order valence-corrected chi connectivity index (χ0v) is 26.7. The third-order valence-electron chi connectivity index (χ3n) is 7.53. The minimum Gasteiger partial charge on any atom is -0.497 e. The van der Waals surface area contributed by atoms with Crippen LogP contribution >= 0.6 is 0 Å². The van der Waals surface area contributed by atoms with Gasteiger partial charge in [0.25, 0.3) is 11.5 Å². The third-order valence-corrected chi connectivity index (χ3v) is 9.45. The number of hydrogen-bond donors (Lipinski definition) is 2.